The van der Waals surface area contributed by atoms with Crippen molar-refractivity contribution in [2.75, 3.05) is 41.4 Å². The Kier molecular flexibility index (Phi) is 5.99. The molecule has 2 atom stereocenters. The number of halogens is 1. The summed E-state index contributed by atoms with van der Waals surface area (Å²) >= 11 is 0. The van der Waals surface area contributed by atoms with E-state index in [2.05, 4.69) is 15.2 Å². The number of nitrogens with zero attached hydrogens (tertiary/aromatic N) is 4. The van der Waals surface area contributed by atoms with Gasteiger partial charge in [0.2, 0.25) is 0 Å². The average molecular weight is 465 g/mol. The predicted molar refractivity (Wildman–Crippen MR) is 125 cm³/mol. The number of anilines is 3. The van der Waals surface area contributed by atoms with E-state index < -0.39 is 11.9 Å². The van der Waals surface area contributed by atoms with Gasteiger partial charge in [0.25, 0.3) is 0 Å². The summed E-state index contributed by atoms with van der Waals surface area (Å²) in [5.41, 5.74) is 2.32. The fraction of sp³-hybridized carbons (Fsp3) is 0.292. The van der Waals surface area contributed by atoms with Crippen LogP contribution in [0.1, 0.15) is 6.42 Å². The number of benzene rings is 1. The van der Waals surface area contributed by atoms with Crippen LogP contribution in [0.5, 0.6) is 5.75 Å². The van der Waals surface area contributed by atoms with Gasteiger partial charge in [0.05, 0.1) is 30.2 Å². The van der Waals surface area contributed by atoms with E-state index in [4.69, 9.17) is 14.8 Å². The third kappa shape index (κ3) is 4.37. The highest BCUT2D eigenvalue weighted by atomic mass is 19.1. The molecule has 2 bridgehead atoms. The molecule has 0 radical (unpaired) electrons. The van der Waals surface area contributed by atoms with Crippen LogP contribution in [-0.4, -0.2) is 64.7 Å². The first-order chi connectivity index (χ1) is 16.5. The van der Waals surface area contributed by atoms with Gasteiger partial charge in [-0.1, -0.05) is 12.1 Å². The Morgan fingerprint density at radius 1 is 1.26 bits per heavy atom. The number of ether oxygens (including phenoxy) is 1. The van der Waals surface area contributed by atoms with E-state index in [0.29, 0.717) is 17.3 Å². The molecular formula is C24H24FN5O4. The molecule has 10 heteroatoms. The number of carbonyl (C=O) groups excluding carboxylic acids is 1. The van der Waals surface area contributed by atoms with Crippen molar-refractivity contribution in [1.29, 1.82) is 0 Å². The molecule has 1 saturated heterocycles. The summed E-state index contributed by atoms with van der Waals surface area (Å²) in [6.07, 6.45) is 0.909. The smallest absolute Gasteiger partial charge is 0.329 e. The largest absolute Gasteiger partial charge is 0.491 e. The molecule has 34 heavy (non-hydrogen) atoms. The molecule has 0 unspecified atom stereocenters. The first-order valence-corrected chi connectivity index (χ1v) is 11.0. The van der Waals surface area contributed by atoms with Crippen molar-refractivity contribution in [3.8, 4) is 17.0 Å². The minimum atomic E-state index is -0.960. The fourth-order valence-electron chi connectivity index (χ4n) is 4.24. The number of aromatic nitrogens is 2. The molecule has 2 amide bonds. The second kappa shape index (κ2) is 9.24. The Balaban J connectivity index is 1.44. The number of pyridine rings is 2. The number of aliphatic hydroxyl groups excluding tert-OH is 2. The first kappa shape index (κ1) is 22.1. The Bertz CT molecular complexity index is 1190. The molecule has 0 aliphatic carbocycles. The molecule has 3 aromatic rings. The monoisotopic (exact) mass is 465 g/mol. The molecule has 2 aliphatic rings. The zero-order chi connectivity index (χ0) is 23.7. The van der Waals surface area contributed by atoms with Crippen molar-refractivity contribution in [3.63, 3.8) is 0 Å². The highest BCUT2D eigenvalue weighted by Crippen LogP contribution is 2.40. The van der Waals surface area contributed by atoms with Crippen LogP contribution in [0.2, 0.25) is 0 Å². The summed E-state index contributed by atoms with van der Waals surface area (Å²) in [5, 5.41) is 21.3. The standard InChI is InChI=1S/C24H24FN5O4/c25-16-4-7-22(26-11-16)28-24(33)30-17-8-9-29(12-17)21-6-5-20(27-23(21)30)15-2-1-3-19(10-15)34-14-18(32)13-31/h1-7,10-11,17-18,31-32H,8-9,12-14H2,(H,26,28,33)/t17-,18-/m0/s1. The molecule has 176 valence electrons. The predicted octanol–water partition coefficient (Wildman–Crippen LogP) is 2.65. The highest BCUT2D eigenvalue weighted by molar-refractivity contribution is 6.04. The Hall–Kier alpha value is -3.76. The van der Waals surface area contributed by atoms with Crippen LogP contribution in [0.4, 0.5) is 26.5 Å². The SMILES string of the molecule is O=C(Nc1ccc(F)cn1)N1c2nc(-c3cccc(OC[C@@H](O)CO)c3)ccc2N2CC[C@H]1C2. The molecule has 0 saturated carbocycles. The minimum absolute atomic E-state index is 0.0282. The lowest BCUT2D eigenvalue weighted by atomic mass is 10.1. The number of hydrogen-bond donors (Lipinski definition) is 3. The number of urea groups is 1. The molecule has 3 N–H and O–H groups in total. The summed E-state index contributed by atoms with van der Waals surface area (Å²) in [7, 11) is 0. The summed E-state index contributed by atoms with van der Waals surface area (Å²) in [4.78, 5) is 25.9. The number of fused-ring (bicyclic) bond motifs is 4. The maximum Gasteiger partial charge on any atom is 0.329 e. The summed E-state index contributed by atoms with van der Waals surface area (Å²) in [5.74, 6) is 0.869. The molecule has 9 nitrogen and oxygen atoms in total. The number of carbonyl (C=O) groups is 1. The maximum absolute atomic E-state index is 13.2. The lowest BCUT2D eigenvalue weighted by Gasteiger charge is -2.35. The summed E-state index contributed by atoms with van der Waals surface area (Å²) in [6.45, 7) is 1.14. The van der Waals surface area contributed by atoms with Crippen LogP contribution >= 0.6 is 0 Å². The minimum Gasteiger partial charge on any atom is -0.491 e. The van der Waals surface area contributed by atoms with Crippen LogP contribution in [0.3, 0.4) is 0 Å². The topological polar surface area (TPSA) is 111 Å². The second-order valence-electron chi connectivity index (χ2n) is 8.26. The number of amides is 2. The van der Waals surface area contributed by atoms with Gasteiger partial charge < -0.3 is 19.8 Å². The van der Waals surface area contributed by atoms with E-state index in [9.17, 15) is 14.3 Å². The van der Waals surface area contributed by atoms with Crippen LogP contribution < -0.4 is 19.9 Å². The first-order valence-electron chi connectivity index (χ1n) is 11.0. The van der Waals surface area contributed by atoms with Crippen molar-refractivity contribution in [1.82, 2.24) is 9.97 Å². The van der Waals surface area contributed by atoms with Gasteiger partial charge in [0.15, 0.2) is 5.82 Å². The molecule has 2 aromatic heterocycles. The van der Waals surface area contributed by atoms with Crippen molar-refractivity contribution in [3.05, 3.63) is 60.5 Å². The van der Waals surface area contributed by atoms with E-state index in [-0.39, 0.29) is 31.1 Å². The fourth-order valence-corrected chi connectivity index (χ4v) is 4.24. The molecule has 2 aliphatic heterocycles. The molecular weight excluding hydrogens is 441 g/mol. The Morgan fingerprint density at radius 3 is 2.94 bits per heavy atom. The highest BCUT2D eigenvalue weighted by Gasteiger charge is 2.40. The molecule has 1 fully saturated rings. The average Bonchev–Trinajstić information content (AvgIpc) is 3.28. The van der Waals surface area contributed by atoms with Gasteiger partial charge in [0, 0.05) is 18.7 Å². The van der Waals surface area contributed by atoms with Gasteiger partial charge in [-0.2, -0.15) is 0 Å². The van der Waals surface area contributed by atoms with E-state index in [1.54, 1.807) is 17.0 Å². The Labute approximate surface area is 195 Å². The van der Waals surface area contributed by atoms with Gasteiger partial charge in [-0.15, -0.1) is 0 Å². The van der Waals surface area contributed by atoms with Crippen LogP contribution in [-0.2, 0) is 0 Å². The van der Waals surface area contributed by atoms with Gasteiger partial charge >= 0.3 is 6.03 Å². The van der Waals surface area contributed by atoms with E-state index in [1.807, 2.05) is 24.3 Å². The third-order valence-corrected chi connectivity index (χ3v) is 5.92. The summed E-state index contributed by atoms with van der Waals surface area (Å²) < 4.78 is 18.8. The molecule has 4 heterocycles. The number of aliphatic hydroxyl groups is 2. The van der Waals surface area contributed by atoms with Crippen LogP contribution in [0, 0.1) is 5.82 Å². The van der Waals surface area contributed by atoms with Gasteiger partial charge in [-0.25, -0.2) is 19.2 Å². The zero-order valence-electron chi connectivity index (χ0n) is 18.3. The maximum atomic E-state index is 13.2. The van der Waals surface area contributed by atoms with Crippen molar-refractivity contribution in [2.24, 2.45) is 0 Å². The zero-order valence-corrected chi connectivity index (χ0v) is 18.3. The van der Waals surface area contributed by atoms with Crippen molar-refractivity contribution in [2.45, 2.75) is 18.6 Å². The van der Waals surface area contributed by atoms with E-state index in [1.165, 1.54) is 12.1 Å². The Morgan fingerprint density at radius 2 is 2.15 bits per heavy atom. The van der Waals surface area contributed by atoms with Gasteiger partial charge in [0.1, 0.15) is 30.1 Å². The molecule has 0 spiro atoms. The lowest BCUT2D eigenvalue weighted by molar-refractivity contribution is 0.0536. The van der Waals surface area contributed by atoms with Crippen LogP contribution in [0.15, 0.2) is 54.7 Å². The van der Waals surface area contributed by atoms with E-state index in [0.717, 1.165) is 37.0 Å². The number of nitrogens with one attached hydrogen (secondary N) is 1. The number of hydrogen-bond acceptors (Lipinski definition) is 7. The van der Waals surface area contributed by atoms with Gasteiger partial charge in [-0.3, -0.25) is 10.2 Å². The van der Waals surface area contributed by atoms with Gasteiger partial charge in [-0.05, 0) is 42.8 Å². The normalized spacial score (nSPS) is 17.3. The van der Waals surface area contributed by atoms with Crippen LogP contribution in [0.25, 0.3) is 11.3 Å². The third-order valence-electron chi connectivity index (χ3n) is 5.92. The van der Waals surface area contributed by atoms with E-state index >= 15 is 0 Å². The quantitative estimate of drug-likeness (QED) is 0.513. The molecule has 5 rings (SSSR count). The van der Waals surface area contributed by atoms with Crippen molar-refractivity contribution < 1.29 is 24.1 Å². The lowest BCUT2D eigenvalue weighted by Crippen LogP contribution is -2.48. The molecule has 1 aromatic carbocycles. The summed E-state index contributed by atoms with van der Waals surface area (Å²) in [6, 6.07) is 13.4. The second-order valence-corrected chi connectivity index (χ2v) is 8.26. The van der Waals surface area contributed by atoms with Crippen molar-refractivity contribution >= 4 is 23.4 Å². The number of rotatable bonds is 6.